The van der Waals surface area contributed by atoms with Crippen LogP contribution < -0.4 is 0 Å². The topological polar surface area (TPSA) is 104 Å². The predicted molar refractivity (Wildman–Crippen MR) is 105 cm³/mol. The number of aliphatic imine (C=N–C) groups is 1. The average molecular weight is 602 g/mol. The summed E-state index contributed by atoms with van der Waals surface area (Å²) >= 11 is 0. The molecule has 0 aromatic carbocycles. The molecule has 0 aliphatic carbocycles. The van der Waals surface area contributed by atoms with Gasteiger partial charge in [-0.2, -0.15) is 0 Å². The molecule has 3 rings (SSSR count). The standard InChI is InChI=1S/C10H8N2.C7H10N5.BF4.Pt/c1-3-7-11-9(5-1)10-6-2-4-8-12-10;1-2-6(8)11-7(9)12-5-3-4-10-12;2-1(3,4)5;/h1-8H;3-5H,2H2,1H3,(H2-,8,9,11);;/q;2*-1;+2. The zero-order chi connectivity index (χ0) is 21.7. The van der Waals surface area contributed by atoms with Gasteiger partial charge in [-0.3, -0.25) is 9.97 Å². The molecule has 0 radical (unpaired) electrons. The molecule has 0 bridgehead atoms. The van der Waals surface area contributed by atoms with Crippen LogP contribution in [0.15, 0.2) is 72.2 Å². The van der Waals surface area contributed by atoms with E-state index in [1.54, 1.807) is 30.9 Å². The molecule has 0 saturated heterocycles. The van der Waals surface area contributed by atoms with Gasteiger partial charge in [-0.25, -0.2) is 5.10 Å². The van der Waals surface area contributed by atoms with Crippen LogP contribution in [-0.2, 0) is 21.1 Å². The van der Waals surface area contributed by atoms with Gasteiger partial charge < -0.3 is 38.1 Å². The van der Waals surface area contributed by atoms with Crippen LogP contribution in [0.25, 0.3) is 17.1 Å². The van der Waals surface area contributed by atoms with E-state index in [4.69, 9.17) is 11.1 Å². The second-order valence-corrected chi connectivity index (χ2v) is 5.11. The molecule has 0 saturated carbocycles. The third-order valence-electron chi connectivity index (χ3n) is 2.89. The van der Waals surface area contributed by atoms with Crippen molar-refractivity contribution in [3.05, 3.63) is 73.0 Å². The summed E-state index contributed by atoms with van der Waals surface area (Å²) in [4.78, 5) is 12.1. The van der Waals surface area contributed by atoms with E-state index in [9.17, 15) is 17.3 Å². The van der Waals surface area contributed by atoms with E-state index in [-0.39, 0.29) is 32.9 Å². The van der Waals surface area contributed by atoms with Crippen molar-refractivity contribution < 1.29 is 38.3 Å². The number of nitrogens with one attached hydrogen (secondary N) is 2. The Labute approximate surface area is 185 Å². The van der Waals surface area contributed by atoms with Crippen molar-refractivity contribution in [1.29, 1.82) is 5.41 Å². The summed E-state index contributed by atoms with van der Waals surface area (Å²) in [6, 6.07) is 13.3. The largest absolute Gasteiger partial charge is 2.00 e. The van der Waals surface area contributed by atoms with Crippen LogP contribution in [0, 0.1) is 5.41 Å². The fourth-order valence-electron chi connectivity index (χ4n) is 1.68. The van der Waals surface area contributed by atoms with Crippen LogP contribution in [0.5, 0.6) is 0 Å². The van der Waals surface area contributed by atoms with E-state index < -0.39 is 7.25 Å². The summed E-state index contributed by atoms with van der Waals surface area (Å²) < 4.78 is 40.3. The molecule has 0 atom stereocenters. The Bertz CT molecular complexity index is 833. The molecular formula is C17H18BF4N7Pt. The van der Waals surface area contributed by atoms with E-state index in [2.05, 4.69) is 20.1 Å². The third kappa shape index (κ3) is 12.6. The van der Waals surface area contributed by atoms with Crippen LogP contribution >= 0.6 is 0 Å². The molecular weight excluding hydrogens is 584 g/mol. The summed E-state index contributed by atoms with van der Waals surface area (Å²) in [5, 5.41) is 11.0. The van der Waals surface area contributed by atoms with Gasteiger partial charge in [0.15, 0.2) is 0 Å². The van der Waals surface area contributed by atoms with E-state index in [1.165, 1.54) is 4.68 Å². The molecule has 0 spiro atoms. The minimum absolute atomic E-state index is 0. The number of pyridine rings is 2. The Morgan fingerprint density at radius 1 is 1.00 bits per heavy atom. The summed E-state index contributed by atoms with van der Waals surface area (Å²) in [5.41, 5.74) is 9.20. The normalized spacial score (nSPS) is 10.5. The zero-order valence-electron chi connectivity index (χ0n) is 15.7. The summed E-state index contributed by atoms with van der Waals surface area (Å²) in [5.74, 6) is 0.169. The minimum atomic E-state index is -6.00. The molecule has 3 heterocycles. The Morgan fingerprint density at radius 2 is 1.50 bits per heavy atom. The maximum Gasteiger partial charge on any atom is 2.00 e. The van der Waals surface area contributed by atoms with E-state index in [1.807, 2.05) is 43.3 Å². The van der Waals surface area contributed by atoms with Crippen molar-refractivity contribution in [2.45, 2.75) is 13.3 Å². The SMILES string of the molecule is CCC(=N)N=C([NH-])n1cccn1.F[B-](F)(F)F.[Pt+2].c1ccc(-c2ccccn2)nc1. The van der Waals surface area contributed by atoms with Crippen molar-refractivity contribution in [3.63, 3.8) is 0 Å². The summed E-state index contributed by atoms with van der Waals surface area (Å²) in [6.45, 7) is 1.82. The number of aromatic nitrogens is 4. The van der Waals surface area contributed by atoms with Gasteiger partial charge in [0.2, 0.25) is 0 Å². The van der Waals surface area contributed by atoms with Crippen LogP contribution in [-0.4, -0.2) is 38.8 Å². The van der Waals surface area contributed by atoms with Gasteiger partial charge in [0.1, 0.15) is 0 Å². The number of hydrogen-bond acceptors (Lipinski definition) is 4. The monoisotopic (exact) mass is 602 g/mol. The first-order valence-electron chi connectivity index (χ1n) is 8.28. The van der Waals surface area contributed by atoms with Crippen molar-refractivity contribution in [2.24, 2.45) is 4.99 Å². The van der Waals surface area contributed by atoms with Gasteiger partial charge in [-0.05, 0) is 42.9 Å². The second kappa shape index (κ2) is 14.2. The fourth-order valence-corrected chi connectivity index (χ4v) is 1.68. The Balaban J connectivity index is 0.000000449. The number of hydrogen-bond donors (Lipinski definition) is 1. The van der Waals surface area contributed by atoms with Crippen molar-refractivity contribution in [3.8, 4) is 11.4 Å². The fraction of sp³-hybridized carbons (Fsp3) is 0.118. The number of halogens is 4. The number of nitrogens with zero attached hydrogens (tertiary/aromatic N) is 5. The molecule has 13 heteroatoms. The molecule has 0 aliphatic heterocycles. The number of amidine groups is 1. The van der Waals surface area contributed by atoms with E-state index >= 15 is 0 Å². The molecule has 7 nitrogen and oxygen atoms in total. The molecule has 0 aliphatic rings. The van der Waals surface area contributed by atoms with Crippen LogP contribution in [0.1, 0.15) is 13.3 Å². The van der Waals surface area contributed by atoms with Crippen LogP contribution in [0.2, 0.25) is 0 Å². The molecule has 162 valence electrons. The maximum absolute atomic E-state index is 9.75. The minimum Gasteiger partial charge on any atom is -0.418 e. The van der Waals surface area contributed by atoms with Crippen molar-refractivity contribution in [1.82, 2.24) is 19.7 Å². The Hall–Kier alpha value is -2.88. The molecule has 0 amide bonds. The van der Waals surface area contributed by atoms with Crippen LogP contribution in [0.3, 0.4) is 0 Å². The predicted octanol–water partition coefficient (Wildman–Crippen LogP) is 4.97. The van der Waals surface area contributed by atoms with Crippen LogP contribution in [0.4, 0.5) is 17.3 Å². The Kier molecular flexibility index (Phi) is 12.8. The summed E-state index contributed by atoms with van der Waals surface area (Å²) in [6.07, 6.45) is 7.26. The molecule has 3 aromatic rings. The molecule has 2 N–H and O–H groups in total. The smallest absolute Gasteiger partial charge is 0.418 e. The van der Waals surface area contributed by atoms with Gasteiger partial charge >= 0.3 is 28.3 Å². The third-order valence-corrected chi connectivity index (χ3v) is 2.89. The van der Waals surface area contributed by atoms with Crippen molar-refractivity contribution in [2.75, 3.05) is 0 Å². The Morgan fingerprint density at radius 3 is 1.83 bits per heavy atom. The summed E-state index contributed by atoms with van der Waals surface area (Å²) in [7, 11) is -6.00. The molecule has 0 fully saturated rings. The first-order valence-corrected chi connectivity index (χ1v) is 8.28. The maximum atomic E-state index is 9.75. The molecule has 3 aromatic heterocycles. The van der Waals surface area contributed by atoms with Crippen molar-refractivity contribution >= 4 is 19.0 Å². The first kappa shape index (κ1) is 27.1. The molecule has 0 unspecified atom stereocenters. The van der Waals surface area contributed by atoms with Gasteiger partial charge in [0.05, 0.1) is 17.2 Å². The van der Waals surface area contributed by atoms with E-state index in [0.717, 1.165) is 11.4 Å². The van der Waals surface area contributed by atoms with Gasteiger partial charge in [0.25, 0.3) is 0 Å². The van der Waals surface area contributed by atoms with Gasteiger partial charge in [-0.15, -0.1) is 0 Å². The van der Waals surface area contributed by atoms with E-state index in [0.29, 0.717) is 6.42 Å². The quantitative estimate of drug-likeness (QED) is 0.194. The van der Waals surface area contributed by atoms with Gasteiger partial charge in [-0.1, -0.05) is 19.1 Å². The van der Waals surface area contributed by atoms with Gasteiger partial charge in [0, 0.05) is 24.6 Å². The second-order valence-electron chi connectivity index (χ2n) is 5.11. The first-order chi connectivity index (χ1) is 13.7. The average Bonchev–Trinajstić information content (AvgIpc) is 3.23. The number of rotatable bonds is 2. The molecule has 30 heavy (non-hydrogen) atoms. The zero-order valence-corrected chi connectivity index (χ0v) is 18.0.